The Kier molecular flexibility index (Phi) is 3.53. The molecule has 1 aromatic rings. The van der Waals surface area contributed by atoms with E-state index < -0.39 is 0 Å². The van der Waals surface area contributed by atoms with Crippen molar-refractivity contribution < 1.29 is 9.90 Å². The van der Waals surface area contributed by atoms with Crippen molar-refractivity contribution in [3.05, 3.63) is 28.3 Å². The number of phenols is 1. The maximum Gasteiger partial charge on any atom is 0.255 e. The maximum atomic E-state index is 12.2. The molecule has 0 aromatic heterocycles. The second-order valence-electron chi connectivity index (χ2n) is 5.31. The molecule has 3 nitrogen and oxygen atoms in total. The van der Waals surface area contributed by atoms with Crippen molar-refractivity contribution in [2.45, 2.75) is 20.8 Å². The monoisotopic (exact) mass is 267 g/mol. The Morgan fingerprint density at radius 2 is 2.06 bits per heavy atom. The first-order chi connectivity index (χ1) is 8.41. The number of likely N-dealkylation sites (tertiary alicyclic amines) is 1. The van der Waals surface area contributed by atoms with Gasteiger partial charge in [0.2, 0.25) is 0 Å². The topological polar surface area (TPSA) is 40.5 Å². The van der Waals surface area contributed by atoms with Crippen LogP contribution in [0.3, 0.4) is 0 Å². The van der Waals surface area contributed by atoms with E-state index in [9.17, 15) is 9.90 Å². The number of carbonyl (C=O) groups is 1. The van der Waals surface area contributed by atoms with Crippen molar-refractivity contribution in [1.29, 1.82) is 0 Å². The molecule has 1 aromatic carbocycles. The number of nitrogens with zero attached hydrogens (tertiary/aromatic N) is 1. The number of halogens is 1. The van der Waals surface area contributed by atoms with Gasteiger partial charge in [0.1, 0.15) is 5.75 Å². The first-order valence-electron chi connectivity index (χ1n) is 6.19. The van der Waals surface area contributed by atoms with Crippen molar-refractivity contribution in [1.82, 2.24) is 4.90 Å². The highest BCUT2D eigenvalue weighted by Gasteiger charge is 2.33. The maximum absolute atomic E-state index is 12.2. The zero-order chi connectivity index (χ0) is 13.4. The van der Waals surface area contributed by atoms with E-state index in [2.05, 4.69) is 13.8 Å². The Hall–Kier alpha value is -1.22. The van der Waals surface area contributed by atoms with Crippen molar-refractivity contribution >= 4 is 17.5 Å². The highest BCUT2D eigenvalue weighted by Crippen LogP contribution is 2.33. The minimum atomic E-state index is -0.0906. The van der Waals surface area contributed by atoms with Crippen LogP contribution in [0.25, 0.3) is 0 Å². The summed E-state index contributed by atoms with van der Waals surface area (Å²) >= 11 is 6.02. The summed E-state index contributed by atoms with van der Waals surface area (Å²) in [6.45, 7) is 7.64. The molecule has 1 heterocycles. The number of hydrogen-bond donors (Lipinski definition) is 1. The van der Waals surface area contributed by atoms with E-state index in [1.54, 1.807) is 24.0 Å². The standard InChI is InChI=1S/C14H18ClNO2/c1-8(2)10-6-16(7-10)14(18)11-5-4-9(3)13(17)12(11)15/h4-5,8,10,17H,6-7H2,1-3H3. The molecule has 2 rings (SSSR count). The van der Waals surface area contributed by atoms with Gasteiger partial charge in [-0.2, -0.15) is 0 Å². The van der Waals surface area contributed by atoms with E-state index in [4.69, 9.17) is 11.6 Å². The molecule has 0 bridgehead atoms. The van der Waals surface area contributed by atoms with Crippen LogP contribution in [-0.4, -0.2) is 29.0 Å². The minimum Gasteiger partial charge on any atom is -0.506 e. The fourth-order valence-electron chi connectivity index (χ4n) is 2.10. The lowest BCUT2D eigenvalue weighted by molar-refractivity contribution is 0.0407. The molecule has 1 aliphatic heterocycles. The Morgan fingerprint density at radius 3 is 2.61 bits per heavy atom. The predicted molar refractivity (Wildman–Crippen MR) is 72.1 cm³/mol. The Bertz CT molecular complexity index is 479. The van der Waals surface area contributed by atoms with E-state index in [1.165, 1.54) is 0 Å². The third-order valence-electron chi connectivity index (χ3n) is 3.69. The number of phenolic OH excluding ortho intramolecular Hbond substituents is 1. The number of aromatic hydroxyl groups is 1. The number of amides is 1. The van der Waals surface area contributed by atoms with Gasteiger partial charge in [-0.15, -0.1) is 0 Å². The van der Waals surface area contributed by atoms with Gasteiger partial charge in [0.15, 0.2) is 0 Å². The van der Waals surface area contributed by atoms with Gasteiger partial charge >= 0.3 is 0 Å². The summed E-state index contributed by atoms with van der Waals surface area (Å²) in [7, 11) is 0. The molecule has 98 valence electrons. The van der Waals surface area contributed by atoms with Gasteiger partial charge in [-0.3, -0.25) is 4.79 Å². The van der Waals surface area contributed by atoms with Gasteiger partial charge < -0.3 is 10.0 Å². The number of carbonyl (C=O) groups excluding carboxylic acids is 1. The van der Waals surface area contributed by atoms with Crippen LogP contribution in [0, 0.1) is 18.8 Å². The van der Waals surface area contributed by atoms with Gasteiger partial charge in [-0.05, 0) is 30.4 Å². The SMILES string of the molecule is Cc1ccc(C(=O)N2CC(C(C)C)C2)c(Cl)c1O. The van der Waals surface area contributed by atoms with E-state index in [-0.39, 0.29) is 16.7 Å². The third kappa shape index (κ3) is 2.19. The molecule has 0 spiro atoms. The van der Waals surface area contributed by atoms with E-state index in [0.29, 0.717) is 23.0 Å². The lowest BCUT2D eigenvalue weighted by atomic mass is 9.88. The zero-order valence-electron chi connectivity index (χ0n) is 10.9. The molecular formula is C14H18ClNO2. The molecule has 0 saturated carbocycles. The van der Waals surface area contributed by atoms with Crippen LogP contribution in [-0.2, 0) is 0 Å². The largest absolute Gasteiger partial charge is 0.506 e. The summed E-state index contributed by atoms with van der Waals surface area (Å²) < 4.78 is 0. The van der Waals surface area contributed by atoms with Crippen LogP contribution < -0.4 is 0 Å². The summed E-state index contributed by atoms with van der Waals surface area (Å²) in [5, 5.41) is 9.91. The van der Waals surface area contributed by atoms with Gasteiger partial charge in [0.25, 0.3) is 5.91 Å². The van der Waals surface area contributed by atoms with Crippen molar-refractivity contribution in [2.75, 3.05) is 13.1 Å². The molecule has 18 heavy (non-hydrogen) atoms. The number of rotatable bonds is 2. The van der Waals surface area contributed by atoms with E-state index in [0.717, 1.165) is 13.1 Å². The molecule has 1 aliphatic rings. The third-order valence-corrected chi connectivity index (χ3v) is 4.07. The molecule has 1 saturated heterocycles. The van der Waals surface area contributed by atoms with Crippen LogP contribution in [0.2, 0.25) is 5.02 Å². The number of aryl methyl sites for hydroxylation is 1. The summed E-state index contributed by atoms with van der Waals surface area (Å²) in [4.78, 5) is 14.0. The zero-order valence-corrected chi connectivity index (χ0v) is 11.7. The fourth-order valence-corrected chi connectivity index (χ4v) is 2.39. The molecule has 1 N–H and O–H groups in total. The van der Waals surface area contributed by atoms with Crippen LogP contribution >= 0.6 is 11.6 Å². The van der Waals surface area contributed by atoms with Crippen molar-refractivity contribution in [3.8, 4) is 5.75 Å². The quantitative estimate of drug-likeness (QED) is 0.895. The first-order valence-corrected chi connectivity index (χ1v) is 6.57. The molecule has 1 amide bonds. The molecule has 0 radical (unpaired) electrons. The second-order valence-corrected chi connectivity index (χ2v) is 5.68. The smallest absolute Gasteiger partial charge is 0.255 e. The van der Waals surface area contributed by atoms with Crippen LogP contribution in [0.1, 0.15) is 29.8 Å². The van der Waals surface area contributed by atoms with Gasteiger partial charge in [-0.25, -0.2) is 0 Å². The Labute approximate surface area is 112 Å². The highest BCUT2D eigenvalue weighted by atomic mass is 35.5. The normalized spacial score (nSPS) is 15.9. The Balaban J connectivity index is 2.14. The molecule has 1 fully saturated rings. The molecule has 0 aliphatic carbocycles. The summed E-state index contributed by atoms with van der Waals surface area (Å²) in [5.74, 6) is 1.08. The fraction of sp³-hybridized carbons (Fsp3) is 0.500. The molecule has 0 unspecified atom stereocenters. The molecule has 0 atom stereocenters. The Morgan fingerprint density at radius 1 is 1.44 bits per heavy atom. The summed E-state index contributed by atoms with van der Waals surface area (Å²) in [6, 6.07) is 3.40. The first kappa shape index (κ1) is 13.2. The average Bonchev–Trinajstić information content (AvgIpc) is 2.23. The number of benzene rings is 1. The van der Waals surface area contributed by atoms with E-state index >= 15 is 0 Å². The molecule has 4 heteroatoms. The van der Waals surface area contributed by atoms with Crippen molar-refractivity contribution in [2.24, 2.45) is 11.8 Å². The second kappa shape index (κ2) is 4.81. The van der Waals surface area contributed by atoms with Crippen LogP contribution in [0.5, 0.6) is 5.75 Å². The number of hydrogen-bond acceptors (Lipinski definition) is 2. The summed E-state index contributed by atoms with van der Waals surface area (Å²) in [6.07, 6.45) is 0. The van der Waals surface area contributed by atoms with E-state index in [1.807, 2.05) is 0 Å². The highest BCUT2D eigenvalue weighted by molar-refractivity contribution is 6.35. The lowest BCUT2D eigenvalue weighted by Gasteiger charge is -2.41. The summed E-state index contributed by atoms with van der Waals surface area (Å²) in [5.41, 5.74) is 1.07. The van der Waals surface area contributed by atoms with Gasteiger partial charge in [0, 0.05) is 13.1 Å². The van der Waals surface area contributed by atoms with Crippen LogP contribution in [0.4, 0.5) is 0 Å². The lowest BCUT2D eigenvalue weighted by Crippen LogP contribution is -2.51. The van der Waals surface area contributed by atoms with Crippen molar-refractivity contribution in [3.63, 3.8) is 0 Å². The van der Waals surface area contributed by atoms with Gasteiger partial charge in [-0.1, -0.05) is 31.5 Å². The molecular weight excluding hydrogens is 250 g/mol. The predicted octanol–water partition coefficient (Wildman–Crippen LogP) is 3.08. The minimum absolute atomic E-state index is 0.00319. The van der Waals surface area contributed by atoms with Crippen LogP contribution in [0.15, 0.2) is 12.1 Å². The van der Waals surface area contributed by atoms with Gasteiger partial charge in [0.05, 0.1) is 10.6 Å². The average molecular weight is 268 g/mol.